The summed E-state index contributed by atoms with van der Waals surface area (Å²) in [5.41, 5.74) is 0.568. The van der Waals surface area contributed by atoms with Gasteiger partial charge < -0.3 is 33.2 Å². The highest BCUT2D eigenvalue weighted by molar-refractivity contribution is 5.90. The Labute approximate surface area is 211 Å². The summed E-state index contributed by atoms with van der Waals surface area (Å²) in [6.45, 7) is 2.84. The zero-order chi connectivity index (χ0) is 26.4. The molecule has 11 nitrogen and oxygen atoms in total. The molecule has 4 atom stereocenters. The van der Waals surface area contributed by atoms with Crippen LogP contribution in [0.1, 0.15) is 20.7 Å². The SMILES string of the molecule is C=CC(=O)OCC(=O)Oc1ccc(C(=O)OC2COC3C(OC(=O)c4ccc(OC)cc4)COC23)cc1. The first kappa shape index (κ1) is 25.9. The summed E-state index contributed by atoms with van der Waals surface area (Å²) in [7, 11) is 1.53. The molecule has 0 amide bonds. The Hall–Kier alpha value is -4.22. The van der Waals surface area contributed by atoms with Gasteiger partial charge >= 0.3 is 23.9 Å². The number of benzene rings is 2. The third-order valence-corrected chi connectivity index (χ3v) is 5.63. The molecule has 0 radical (unpaired) electrons. The Bertz CT molecular complexity index is 1160. The molecule has 0 aliphatic carbocycles. The van der Waals surface area contributed by atoms with Crippen LogP contribution >= 0.6 is 0 Å². The average Bonchev–Trinajstić information content (AvgIpc) is 3.50. The van der Waals surface area contributed by atoms with E-state index in [1.165, 1.54) is 31.4 Å². The first-order valence-corrected chi connectivity index (χ1v) is 11.3. The average molecular weight is 512 g/mol. The van der Waals surface area contributed by atoms with Crippen molar-refractivity contribution in [3.63, 3.8) is 0 Å². The molecule has 4 rings (SSSR count). The zero-order valence-corrected chi connectivity index (χ0v) is 19.8. The highest BCUT2D eigenvalue weighted by Gasteiger charge is 2.51. The Morgan fingerprint density at radius 3 is 1.78 bits per heavy atom. The van der Waals surface area contributed by atoms with E-state index in [-0.39, 0.29) is 24.5 Å². The molecule has 2 aromatic carbocycles. The molecule has 37 heavy (non-hydrogen) atoms. The van der Waals surface area contributed by atoms with Crippen LogP contribution in [0.5, 0.6) is 11.5 Å². The van der Waals surface area contributed by atoms with Gasteiger partial charge in [-0.3, -0.25) is 0 Å². The number of ether oxygens (including phenoxy) is 7. The molecule has 11 heteroatoms. The zero-order valence-electron chi connectivity index (χ0n) is 19.8. The first-order valence-electron chi connectivity index (χ1n) is 11.3. The van der Waals surface area contributed by atoms with E-state index in [9.17, 15) is 19.2 Å². The van der Waals surface area contributed by atoms with Gasteiger partial charge in [0.05, 0.1) is 31.5 Å². The lowest BCUT2D eigenvalue weighted by Crippen LogP contribution is -2.36. The van der Waals surface area contributed by atoms with Crippen molar-refractivity contribution in [2.75, 3.05) is 26.9 Å². The van der Waals surface area contributed by atoms with Gasteiger partial charge in [-0.1, -0.05) is 6.58 Å². The summed E-state index contributed by atoms with van der Waals surface area (Å²) < 4.78 is 37.3. The van der Waals surface area contributed by atoms with Gasteiger partial charge in [0.2, 0.25) is 0 Å². The van der Waals surface area contributed by atoms with Crippen molar-refractivity contribution in [1.82, 2.24) is 0 Å². The molecule has 2 aromatic rings. The van der Waals surface area contributed by atoms with Gasteiger partial charge in [0.25, 0.3) is 0 Å². The molecule has 194 valence electrons. The van der Waals surface area contributed by atoms with Crippen LogP contribution in [-0.4, -0.2) is 75.2 Å². The van der Waals surface area contributed by atoms with E-state index in [0.29, 0.717) is 11.3 Å². The van der Waals surface area contributed by atoms with Gasteiger partial charge in [-0.25, -0.2) is 19.2 Å². The van der Waals surface area contributed by atoms with Crippen LogP contribution < -0.4 is 9.47 Å². The van der Waals surface area contributed by atoms with E-state index in [0.717, 1.165) is 6.08 Å². The summed E-state index contributed by atoms with van der Waals surface area (Å²) in [6.07, 6.45) is -1.58. The third-order valence-electron chi connectivity index (χ3n) is 5.63. The summed E-state index contributed by atoms with van der Waals surface area (Å²) in [5, 5.41) is 0. The monoisotopic (exact) mass is 512 g/mol. The summed E-state index contributed by atoms with van der Waals surface area (Å²) in [6, 6.07) is 12.1. The van der Waals surface area contributed by atoms with Gasteiger partial charge in [0.15, 0.2) is 18.8 Å². The molecular weight excluding hydrogens is 488 g/mol. The number of carbonyl (C=O) groups is 4. The minimum absolute atomic E-state index is 0.0801. The van der Waals surface area contributed by atoms with Crippen LogP contribution in [0.25, 0.3) is 0 Å². The largest absolute Gasteiger partial charge is 0.497 e. The van der Waals surface area contributed by atoms with Gasteiger partial charge in [0, 0.05) is 6.08 Å². The maximum absolute atomic E-state index is 12.6. The van der Waals surface area contributed by atoms with E-state index >= 15 is 0 Å². The van der Waals surface area contributed by atoms with Gasteiger partial charge in [0.1, 0.15) is 23.7 Å². The maximum atomic E-state index is 12.6. The molecule has 4 unspecified atom stereocenters. The summed E-state index contributed by atoms with van der Waals surface area (Å²) >= 11 is 0. The number of carbonyl (C=O) groups excluding carboxylic acids is 4. The van der Waals surface area contributed by atoms with Crippen LogP contribution in [0.3, 0.4) is 0 Å². The van der Waals surface area contributed by atoms with Gasteiger partial charge in [-0.15, -0.1) is 0 Å². The normalized spacial score (nSPS) is 21.9. The molecule has 0 bridgehead atoms. The second-order valence-corrected chi connectivity index (χ2v) is 8.02. The van der Waals surface area contributed by atoms with Crippen LogP contribution in [0.4, 0.5) is 0 Å². The van der Waals surface area contributed by atoms with Crippen molar-refractivity contribution in [1.29, 1.82) is 0 Å². The second-order valence-electron chi connectivity index (χ2n) is 8.02. The number of esters is 4. The molecule has 0 aromatic heterocycles. The van der Waals surface area contributed by atoms with E-state index < -0.39 is 54.9 Å². The number of methoxy groups -OCH3 is 1. The fourth-order valence-corrected chi connectivity index (χ4v) is 3.78. The Morgan fingerprint density at radius 2 is 1.32 bits per heavy atom. The second kappa shape index (κ2) is 11.7. The highest BCUT2D eigenvalue weighted by Crippen LogP contribution is 2.31. The predicted octanol–water partition coefficient (Wildman–Crippen LogP) is 1.88. The molecule has 0 spiro atoms. The minimum atomic E-state index is -0.791. The van der Waals surface area contributed by atoms with Crippen molar-refractivity contribution >= 4 is 23.9 Å². The lowest BCUT2D eigenvalue weighted by atomic mass is 10.1. The lowest BCUT2D eigenvalue weighted by molar-refractivity contribution is -0.150. The van der Waals surface area contributed by atoms with Crippen LogP contribution in [0.15, 0.2) is 61.2 Å². The fourth-order valence-electron chi connectivity index (χ4n) is 3.78. The number of hydrogen-bond acceptors (Lipinski definition) is 11. The maximum Gasteiger partial charge on any atom is 0.349 e. The smallest absolute Gasteiger partial charge is 0.349 e. The number of rotatable bonds is 9. The van der Waals surface area contributed by atoms with Gasteiger partial charge in [-0.2, -0.15) is 0 Å². The third kappa shape index (κ3) is 6.32. The molecule has 0 saturated carbocycles. The number of fused-ring (bicyclic) bond motifs is 1. The molecule has 2 fully saturated rings. The quantitative estimate of drug-likeness (QED) is 0.211. The molecule has 2 saturated heterocycles. The topological polar surface area (TPSA) is 133 Å². The van der Waals surface area contributed by atoms with E-state index in [1.54, 1.807) is 24.3 Å². The highest BCUT2D eigenvalue weighted by atomic mass is 16.7. The van der Waals surface area contributed by atoms with Crippen molar-refractivity contribution < 1.29 is 52.3 Å². The van der Waals surface area contributed by atoms with Crippen LogP contribution in [0, 0.1) is 0 Å². The molecule has 2 aliphatic rings. The molecule has 2 heterocycles. The summed E-state index contributed by atoms with van der Waals surface area (Å²) in [5.74, 6) is -1.93. The van der Waals surface area contributed by atoms with Crippen LogP contribution in [-0.2, 0) is 33.3 Å². The van der Waals surface area contributed by atoms with Crippen molar-refractivity contribution in [2.45, 2.75) is 24.4 Å². The Morgan fingerprint density at radius 1 is 0.838 bits per heavy atom. The number of hydrogen-bond donors (Lipinski definition) is 0. The van der Waals surface area contributed by atoms with Crippen molar-refractivity contribution in [3.8, 4) is 11.5 Å². The molecule has 0 N–H and O–H groups in total. The minimum Gasteiger partial charge on any atom is -0.497 e. The van der Waals surface area contributed by atoms with E-state index in [2.05, 4.69) is 11.3 Å². The van der Waals surface area contributed by atoms with E-state index in [1.807, 2.05) is 0 Å². The first-order chi connectivity index (χ1) is 17.9. The van der Waals surface area contributed by atoms with Crippen LogP contribution in [0.2, 0.25) is 0 Å². The fraction of sp³-hybridized carbons (Fsp3) is 0.308. The molecule has 2 aliphatic heterocycles. The van der Waals surface area contributed by atoms with Gasteiger partial charge in [-0.05, 0) is 48.5 Å². The van der Waals surface area contributed by atoms with Crippen molar-refractivity contribution in [2.24, 2.45) is 0 Å². The standard InChI is InChI=1S/C26H24O11/c1-3-21(27)32-14-22(28)35-18-10-6-16(7-11-18)26(30)37-20-13-34-23-19(12-33-24(20)23)36-25(29)15-4-8-17(31-2)9-5-15/h3-11,19-20,23-24H,1,12-14H2,2H3. The lowest BCUT2D eigenvalue weighted by Gasteiger charge is -2.17. The molecular formula is C26H24O11. The summed E-state index contributed by atoms with van der Waals surface area (Å²) in [4.78, 5) is 47.8. The Balaban J connectivity index is 1.27. The predicted molar refractivity (Wildman–Crippen MR) is 124 cm³/mol. The Kier molecular flexibility index (Phi) is 8.16. The van der Waals surface area contributed by atoms with E-state index in [4.69, 9.17) is 28.4 Å². The van der Waals surface area contributed by atoms with Crippen molar-refractivity contribution in [3.05, 3.63) is 72.3 Å².